The van der Waals surface area contributed by atoms with Gasteiger partial charge in [-0.15, -0.1) is 11.6 Å². The van der Waals surface area contributed by atoms with Crippen LogP contribution in [0, 0.1) is 0 Å². The summed E-state index contributed by atoms with van der Waals surface area (Å²) in [5.74, 6) is 1.77. The van der Waals surface area contributed by atoms with Crippen molar-refractivity contribution in [1.82, 2.24) is 9.78 Å². The van der Waals surface area contributed by atoms with Gasteiger partial charge in [-0.1, -0.05) is 12.1 Å². The molecule has 0 N–H and O–H groups in total. The Morgan fingerprint density at radius 1 is 1.39 bits per heavy atom. The van der Waals surface area contributed by atoms with Crippen LogP contribution in [0.4, 0.5) is 0 Å². The van der Waals surface area contributed by atoms with Crippen LogP contribution in [0.25, 0.3) is 0 Å². The van der Waals surface area contributed by atoms with Gasteiger partial charge in [-0.05, 0) is 6.07 Å². The van der Waals surface area contributed by atoms with Crippen molar-refractivity contribution in [2.75, 3.05) is 7.11 Å². The van der Waals surface area contributed by atoms with Crippen LogP contribution in [0.15, 0.2) is 30.6 Å². The van der Waals surface area contributed by atoms with Crippen molar-refractivity contribution in [2.45, 2.75) is 12.5 Å². The molecule has 96 valence electrons. The van der Waals surface area contributed by atoms with E-state index in [0.717, 1.165) is 11.1 Å². The largest absolute Gasteiger partial charge is 0.493 e. The second kappa shape index (κ2) is 5.78. The molecule has 5 heteroatoms. The Morgan fingerprint density at radius 2 is 2.22 bits per heavy atom. The maximum atomic E-state index is 5.89. The van der Waals surface area contributed by atoms with Gasteiger partial charge in [-0.25, -0.2) is 0 Å². The number of aromatic nitrogens is 2. The quantitative estimate of drug-likeness (QED) is 0.781. The molecule has 0 unspecified atom stereocenters. The Morgan fingerprint density at radius 3 is 2.83 bits per heavy atom. The van der Waals surface area contributed by atoms with E-state index >= 15 is 0 Å². The van der Waals surface area contributed by atoms with E-state index in [1.54, 1.807) is 18.0 Å². The number of ether oxygens (including phenoxy) is 2. The summed E-state index contributed by atoms with van der Waals surface area (Å²) in [7, 11) is 3.49. The van der Waals surface area contributed by atoms with E-state index in [9.17, 15) is 0 Å². The number of benzene rings is 1. The first-order valence-electron chi connectivity index (χ1n) is 5.56. The molecule has 0 aliphatic carbocycles. The number of hydrogen-bond acceptors (Lipinski definition) is 3. The predicted molar refractivity (Wildman–Crippen MR) is 70.1 cm³/mol. The molecular weight excluding hydrogens is 252 g/mol. The standard InChI is InChI=1S/C13H15ClN2O2/c1-16-8-10(7-15-16)9-18-13-11(6-14)4-3-5-12(13)17-2/h3-5,7-8H,6,9H2,1-2H3. The average molecular weight is 267 g/mol. The molecule has 0 atom stereocenters. The number of aryl methyl sites for hydroxylation is 1. The summed E-state index contributed by atoms with van der Waals surface area (Å²) in [6.07, 6.45) is 3.69. The number of para-hydroxylation sites is 1. The summed E-state index contributed by atoms with van der Waals surface area (Å²) < 4.78 is 12.8. The minimum absolute atomic E-state index is 0.388. The van der Waals surface area contributed by atoms with Gasteiger partial charge in [-0.3, -0.25) is 4.68 Å². The molecule has 1 heterocycles. The molecule has 0 bridgehead atoms. The lowest BCUT2D eigenvalue weighted by molar-refractivity contribution is 0.282. The minimum Gasteiger partial charge on any atom is -0.493 e. The third kappa shape index (κ3) is 2.76. The molecule has 0 fully saturated rings. The van der Waals surface area contributed by atoms with E-state index in [-0.39, 0.29) is 0 Å². The molecule has 4 nitrogen and oxygen atoms in total. The van der Waals surface area contributed by atoms with Gasteiger partial charge in [0.15, 0.2) is 11.5 Å². The highest BCUT2D eigenvalue weighted by Gasteiger charge is 2.10. The Hall–Kier alpha value is -1.68. The molecule has 0 saturated heterocycles. The Kier molecular flexibility index (Phi) is 4.10. The van der Waals surface area contributed by atoms with Gasteiger partial charge in [0, 0.05) is 24.4 Å². The first-order chi connectivity index (χ1) is 8.74. The van der Waals surface area contributed by atoms with E-state index in [1.165, 1.54) is 0 Å². The summed E-state index contributed by atoms with van der Waals surface area (Å²) in [6.45, 7) is 0.443. The fraction of sp³-hybridized carbons (Fsp3) is 0.308. The van der Waals surface area contributed by atoms with E-state index in [4.69, 9.17) is 21.1 Å². The fourth-order valence-corrected chi connectivity index (χ4v) is 1.90. The highest BCUT2D eigenvalue weighted by atomic mass is 35.5. The lowest BCUT2D eigenvalue weighted by Crippen LogP contribution is -1.99. The van der Waals surface area contributed by atoms with Crippen molar-refractivity contribution in [3.8, 4) is 11.5 Å². The lowest BCUT2D eigenvalue weighted by atomic mass is 10.2. The van der Waals surface area contributed by atoms with Crippen molar-refractivity contribution in [1.29, 1.82) is 0 Å². The number of hydrogen-bond donors (Lipinski definition) is 0. The smallest absolute Gasteiger partial charge is 0.166 e. The van der Waals surface area contributed by atoms with Crippen LogP contribution < -0.4 is 9.47 Å². The third-order valence-electron chi connectivity index (χ3n) is 2.57. The molecule has 2 rings (SSSR count). The van der Waals surface area contributed by atoms with Crippen LogP contribution >= 0.6 is 11.6 Å². The number of nitrogens with zero attached hydrogens (tertiary/aromatic N) is 2. The van der Waals surface area contributed by atoms with Gasteiger partial charge in [0.1, 0.15) is 6.61 Å². The number of methoxy groups -OCH3 is 1. The van der Waals surface area contributed by atoms with Crippen LogP contribution in [0.3, 0.4) is 0 Å². The summed E-state index contributed by atoms with van der Waals surface area (Å²) in [5.41, 5.74) is 1.92. The second-order valence-electron chi connectivity index (χ2n) is 3.89. The lowest BCUT2D eigenvalue weighted by Gasteiger charge is -2.13. The van der Waals surface area contributed by atoms with Crippen molar-refractivity contribution in [2.24, 2.45) is 7.05 Å². The number of halogens is 1. The SMILES string of the molecule is COc1cccc(CCl)c1OCc1cnn(C)c1. The van der Waals surface area contributed by atoms with Gasteiger partial charge in [-0.2, -0.15) is 5.10 Å². The zero-order valence-corrected chi connectivity index (χ0v) is 11.1. The maximum absolute atomic E-state index is 5.89. The normalized spacial score (nSPS) is 10.4. The Balaban J connectivity index is 2.17. The van der Waals surface area contributed by atoms with Crippen molar-refractivity contribution < 1.29 is 9.47 Å². The van der Waals surface area contributed by atoms with Crippen molar-refractivity contribution >= 4 is 11.6 Å². The first kappa shape index (κ1) is 12.8. The molecule has 18 heavy (non-hydrogen) atoms. The zero-order chi connectivity index (χ0) is 13.0. The second-order valence-corrected chi connectivity index (χ2v) is 4.16. The van der Waals surface area contributed by atoms with Crippen LogP contribution in [0.5, 0.6) is 11.5 Å². The van der Waals surface area contributed by atoms with Gasteiger partial charge < -0.3 is 9.47 Å². The van der Waals surface area contributed by atoms with Gasteiger partial charge in [0.2, 0.25) is 0 Å². The maximum Gasteiger partial charge on any atom is 0.166 e. The molecule has 0 spiro atoms. The van der Waals surface area contributed by atoms with Gasteiger partial charge in [0.25, 0.3) is 0 Å². The number of rotatable bonds is 5. The van der Waals surface area contributed by atoms with E-state index in [0.29, 0.717) is 24.0 Å². The molecule has 0 saturated carbocycles. The first-order valence-corrected chi connectivity index (χ1v) is 6.10. The third-order valence-corrected chi connectivity index (χ3v) is 2.85. The van der Waals surface area contributed by atoms with Crippen molar-refractivity contribution in [3.05, 3.63) is 41.7 Å². The monoisotopic (exact) mass is 266 g/mol. The van der Waals surface area contributed by atoms with Crippen molar-refractivity contribution in [3.63, 3.8) is 0 Å². The molecule has 0 aliphatic rings. The molecule has 0 radical (unpaired) electrons. The summed E-state index contributed by atoms with van der Waals surface area (Å²) in [6, 6.07) is 5.68. The summed E-state index contributed by atoms with van der Waals surface area (Å²) >= 11 is 5.89. The minimum atomic E-state index is 0.388. The van der Waals surface area contributed by atoms with Crippen LogP contribution in [0.1, 0.15) is 11.1 Å². The summed E-state index contributed by atoms with van der Waals surface area (Å²) in [4.78, 5) is 0. The number of alkyl halides is 1. The highest BCUT2D eigenvalue weighted by molar-refractivity contribution is 6.17. The Bertz CT molecular complexity index is 503. The van der Waals surface area contributed by atoms with E-state index in [1.807, 2.05) is 31.4 Å². The molecule has 2 aromatic rings. The summed E-state index contributed by atoms with van der Waals surface area (Å²) in [5, 5.41) is 4.09. The van der Waals surface area contributed by atoms with Crippen LogP contribution in [-0.2, 0) is 19.5 Å². The molecule has 1 aromatic heterocycles. The molecular formula is C13H15ClN2O2. The highest BCUT2D eigenvalue weighted by Crippen LogP contribution is 2.32. The van der Waals surface area contributed by atoms with E-state index < -0.39 is 0 Å². The predicted octanol–water partition coefficient (Wildman–Crippen LogP) is 2.75. The van der Waals surface area contributed by atoms with Crippen LogP contribution in [0.2, 0.25) is 0 Å². The van der Waals surface area contributed by atoms with Gasteiger partial charge in [0.05, 0.1) is 19.2 Å². The fourth-order valence-electron chi connectivity index (χ4n) is 1.69. The van der Waals surface area contributed by atoms with E-state index in [2.05, 4.69) is 5.10 Å². The molecule has 0 amide bonds. The van der Waals surface area contributed by atoms with Crippen LogP contribution in [-0.4, -0.2) is 16.9 Å². The molecule has 0 aliphatic heterocycles. The molecule has 1 aromatic carbocycles. The average Bonchev–Trinajstić information content (AvgIpc) is 2.81. The topological polar surface area (TPSA) is 36.3 Å². The zero-order valence-electron chi connectivity index (χ0n) is 10.4. The van der Waals surface area contributed by atoms with Gasteiger partial charge >= 0.3 is 0 Å². The Labute approximate surface area is 111 Å².